The van der Waals surface area contributed by atoms with Crippen LogP contribution in [0.1, 0.15) is 54.6 Å². The van der Waals surface area contributed by atoms with Gasteiger partial charge in [-0.1, -0.05) is 57.0 Å². The Morgan fingerprint density at radius 3 is 2.48 bits per heavy atom. The minimum atomic E-state index is -0.171. The molecule has 1 N–H and O–H groups in total. The fraction of sp³-hybridized carbons (Fsp3) is 0.350. The molecule has 122 valence electrons. The van der Waals surface area contributed by atoms with Gasteiger partial charge in [0.25, 0.3) is 0 Å². The van der Waals surface area contributed by atoms with Gasteiger partial charge in [-0.25, -0.2) is 0 Å². The first-order valence-electron chi connectivity index (χ1n) is 8.25. The molecule has 0 spiro atoms. The van der Waals surface area contributed by atoms with Crippen LogP contribution in [0.3, 0.4) is 0 Å². The van der Waals surface area contributed by atoms with Crippen LogP contribution in [-0.4, -0.2) is 17.5 Å². The summed E-state index contributed by atoms with van der Waals surface area (Å²) in [6.07, 6.45) is 4.00. The van der Waals surface area contributed by atoms with Gasteiger partial charge in [-0.15, -0.1) is 0 Å². The van der Waals surface area contributed by atoms with Gasteiger partial charge < -0.3 is 9.84 Å². The average molecular weight is 312 g/mol. The van der Waals surface area contributed by atoms with Crippen LogP contribution in [0.4, 0.5) is 0 Å². The predicted molar refractivity (Wildman–Crippen MR) is 92.4 cm³/mol. The van der Waals surface area contributed by atoms with Gasteiger partial charge in [0.2, 0.25) is 0 Å². The molecule has 0 bridgehead atoms. The van der Waals surface area contributed by atoms with E-state index in [4.69, 9.17) is 4.74 Å². The number of rotatable bonds is 8. The van der Waals surface area contributed by atoms with E-state index in [9.17, 15) is 9.90 Å². The molecule has 0 saturated heterocycles. The average Bonchev–Trinajstić information content (AvgIpc) is 2.59. The summed E-state index contributed by atoms with van der Waals surface area (Å²) in [5, 5.41) is 10.2. The Morgan fingerprint density at radius 2 is 1.83 bits per heavy atom. The molecule has 23 heavy (non-hydrogen) atoms. The van der Waals surface area contributed by atoms with E-state index in [0.717, 1.165) is 31.2 Å². The quantitative estimate of drug-likeness (QED) is 0.565. The molecule has 3 heteroatoms. The Hall–Kier alpha value is -2.29. The molecule has 2 rings (SSSR count). The highest BCUT2D eigenvalue weighted by Crippen LogP contribution is 2.30. The molecular formula is C20H24O3. The molecule has 0 aliphatic rings. The van der Waals surface area contributed by atoms with Crippen molar-refractivity contribution in [3.05, 3.63) is 59.2 Å². The van der Waals surface area contributed by atoms with Crippen molar-refractivity contribution in [1.29, 1.82) is 0 Å². The van der Waals surface area contributed by atoms with Gasteiger partial charge in [0, 0.05) is 11.6 Å². The van der Waals surface area contributed by atoms with Gasteiger partial charge in [0.15, 0.2) is 5.78 Å². The largest absolute Gasteiger partial charge is 0.507 e. The molecule has 2 aromatic carbocycles. The van der Waals surface area contributed by atoms with Crippen molar-refractivity contribution in [1.82, 2.24) is 0 Å². The molecule has 0 saturated carbocycles. The molecule has 0 aliphatic carbocycles. The second-order valence-corrected chi connectivity index (χ2v) is 5.58. The van der Waals surface area contributed by atoms with Gasteiger partial charge in [-0.3, -0.25) is 4.79 Å². The van der Waals surface area contributed by atoms with E-state index < -0.39 is 0 Å². The zero-order valence-electron chi connectivity index (χ0n) is 13.8. The summed E-state index contributed by atoms with van der Waals surface area (Å²) >= 11 is 0. The fourth-order valence-corrected chi connectivity index (χ4v) is 2.49. The molecule has 2 aromatic rings. The van der Waals surface area contributed by atoms with Crippen molar-refractivity contribution in [3.8, 4) is 11.5 Å². The summed E-state index contributed by atoms with van der Waals surface area (Å²) < 4.78 is 5.78. The van der Waals surface area contributed by atoms with Gasteiger partial charge >= 0.3 is 0 Å². The molecule has 0 heterocycles. The number of aromatic hydroxyl groups is 1. The molecule has 0 aliphatic heterocycles. The maximum Gasteiger partial charge on any atom is 0.196 e. The third-order valence-electron chi connectivity index (χ3n) is 3.85. The molecule has 0 radical (unpaired) electrons. The van der Waals surface area contributed by atoms with E-state index in [2.05, 4.69) is 6.92 Å². The maximum absolute atomic E-state index is 12.5. The SMILES string of the molecule is CCCCCOc1cc(O)c(C(=O)c2ccccc2)cc1CC. The summed E-state index contributed by atoms with van der Waals surface area (Å²) in [5.74, 6) is 0.475. The minimum absolute atomic E-state index is 0.0263. The van der Waals surface area contributed by atoms with E-state index in [-0.39, 0.29) is 11.5 Å². The Kier molecular flexibility index (Phi) is 6.21. The first-order valence-corrected chi connectivity index (χ1v) is 8.25. The second kappa shape index (κ2) is 8.37. The van der Waals surface area contributed by atoms with Crippen molar-refractivity contribution in [3.63, 3.8) is 0 Å². The topological polar surface area (TPSA) is 46.5 Å². The van der Waals surface area contributed by atoms with E-state index in [1.54, 1.807) is 24.3 Å². The molecule has 0 amide bonds. The van der Waals surface area contributed by atoms with E-state index in [1.165, 1.54) is 0 Å². The summed E-state index contributed by atoms with van der Waals surface area (Å²) in [7, 11) is 0. The third kappa shape index (κ3) is 4.35. The molecule has 0 aromatic heterocycles. The predicted octanol–water partition coefficient (Wildman–Crippen LogP) is 4.75. The lowest BCUT2D eigenvalue weighted by atomic mass is 9.99. The number of ketones is 1. The first-order chi connectivity index (χ1) is 11.2. The van der Waals surface area contributed by atoms with Crippen molar-refractivity contribution in [2.24, 2.45) is 0 Å². The van der Waals surface area contributed by atoms with Crippen LogP contribution in [0.15, 0.2) is 42.5 Å². The van der Waals surface area contributed by atoms with Crippen LogP contribution in [0.25, 0.3) is 0 Å². The van der Waals surface area contributed by atoms with Gasteiger partial charge in [-0.2, -0.15) is 0 Å². The monoisotopic (exact) mass is 312 g/mol. The zero-order valence-corrected chi connectivity index (χ0v) is 13.8. The van der Waals surface area contributed by atoms with Crippen molar-refractivity contribution in [2.75, 3.05) is 6.61 Å². The Labute approximate surface area is 137 Å². The molecule has 3 nitrogen and oxygen atoms in total. The Bertz CT molecular complexity index is 647. The van der Waals surface area contributed by atoms with E-state index >= 15 is 0 Å². The van der Waals surface area contributed by atoms with Gasteiger partial charge in [-0.05, 0) is 24.5 Å². The van der Waals surface area contributed by atoms with Crippen LogP contribution in [0.2, 0.25) is 0 Å². The number of carbonyl (C=O) groups is 1. The Balaban J connectivity index is 2.24. The molecule has 0 atom stereocenters. The standard InChI is InChI=1S/C20H24O3/c1-3-5-9-12-23-19-14-18(21)17(13-15(19)4-2)20(22)16-10-7-6-8-11-16/h6-8,10-11,13-14,21H,3-5,9,12H2,1-2H3. The lowest BCUT2D eigenvalue weighted by Crippen LogP contribution is -2.05. The van der Waals surface area contributed by atoms with Crippen LogP contribution in [0, 0.1) is 0 Å². The van der Waals surface area contributed by atoms with Crippen molar-refractivity contribution < 1.29 is 14.6 Å². The first kappa shape index (κ1) is 17.1. The minimum Gasteiger partial charge on any atom is -0.507 e. The highest BCUT2D eigenvalue weighted by atomic mass is 16.5. The number of carbonyl (C=O) groups excluding carboxylic acids is 1. The van der Waals surface area contributed by atoms with E-state index in [0.29, 0.717) is 23.5 Å². The van der Waals surface area contributed by atoms with Gasteiger partial charge in [0.05, 0.1) is 12.2 Å². The summed E-state index contributed by atoms with van der Waals surface area (Å²) in [6, 6.07) is 12.3. The number of hydrogen-bond donors (Lipinski definition) is 1. The normalized spacial score (nSPS) is 10.5. The number of phenols is 1. The highest BCUT2D eigenvalue weighted by molar-refractivity contribution is 6.10. The number of aryl methyl sites for hydroxylation is 1. The molecule has 0 unspecified atom stereocenters. The summed E-state index contributed by atoms with van der Waals surface area (Å²) in [4.78, 5) is 12.5. The highest BCUT2D eigenvalue weighted by Gasteiger charge is 2.17. The number of phenolic OH excluding ortho intramolecular Hbond substituents is 1. The van der Waals surface area contributed by atoms with Crippen LogP contribution >= 0.6 is 0 Å². The third-order valence-corrected chi connectivity index (χ3v) is 3.85. The number of unbranched alkanes of at least 4 members (excludes halogenated alkanes) is 2. The summed E-state index contributed by atoms with van der Waals surface area (Å²) in [6.45, 7) is 4.79. The molecule has 0 fully saturated rings. The second-order valence-electron chi connectivity index (χ2n) is 5.58. The fourth-order valence-electron chi connectivity index (χ4n) is 2.49. The van der Waals surface area contributed by atoms with Crippen LogP contribution in [-0.2, 0) is 6.42 Å². The maximum atomic E-state index is 12.5. The molecular weight excluding hydrogens is 288 g/mol. The van der Waals surface area contributed by atoms with Gasteiger partial charge in [0.1, 0.15) is 11.5 Å². The number of ether oxygens (including phenoxy) is 1. The van der Waals surface area contributed by atoms with Crippen molar-refractivity contribution >= 4 is 5.78 Å². The number of benzene rings is 2. The Morgan fingerprint density at radius 1 is 1.09 bits per heavy atom. The van der Waals surface area contributed by atoms with Crippen molar-refractivity contribution in [2.45, 2.75) is 39.5 Å². The van der Waals surface area contributed by atoms with Crippen LogP contribution < -0.4 is 4.74 Å². The van der Waals surface area contributed by atoms with E-state index in [1.807, 2.05) is 25.1 Å². The summed E-state index contributed by atoms with van der Waals surface area (Å²) in [5.41, 5.74) is 1.84. The lowest BCUT2D eigenvalue weighted by molar-refractivity contribution is 0.103. The lowest BCUT2D eigenvalue weighted by Gasteiger charge is -2.13. The smallest absolute Gasteiger partial charge is 0.196 e. The number of hydrogen-bond acceptors (Lipinski definition) is 3. The van der Waals surface area contributed by atoms with Crippen LogP contribution in [0.5, 0.6) is 11.5 Å². The zero-order chi connectivity index (χ0) is 16.7.